The van der Waals surface area contributed by atoms with Gasteiger partial charge in [-0.05, 0) is 18.4 Å². The Bertz CT molecular complexity index is 696. The van der Waals surface area contributed by atoms with Crippen molar-refractivity contribution in [1.29, 1.82) is 0 Å². The molecule has 1 heterocycles. The monoisotopic (exact) mass is 383 g/mol. The number of cyclic esters (lactones) is 1. The average Bonchev–Trinajstić information content (AvgIpc) is 2.94. The zero-order valence-electron chi connectivity index (χ0n) is 15.3. The molecule has 1 aromatic rings. The predicted molar refractivity (Wildman–Crippen MR) is 96.5 cm³/mol. The topological polar surface area (TPSA) is 58.9 Å². The Morgan fingerprint density at radius 2 is 1.81 bits per heavy atom. The number of carbonyl (C=O) groups is 1. The highest BCUT2D eigenvalue weighted by Gasteiger charge is 2.46. The summed E-state index contributed by atoms with van der Waals surface area (Å²) in [6, 6.07) is 8.98. The molecule has 148 valence electrons. The SMILES string of the molecule is CCCCCCCC1OC(=O)/C(=C(\O)C(F)(F)F)C1=NCc1ccccc1. The summed E-state index contributed by atoms with van der Waals surface area (Å²) >= 11 is 0. The summed E-state index contributed by atoms with van der Waals surface area (Å²) in [6.45, 7) is 2.19. The molecule has 1 atom stereocenters. The maximum atomic E-state index is 13.0. The van der Waals surface area contributed by atoms with Gasteiger partial charge in [0, 0.05) is 0 Å². The molecule has 1 aliphatic rings. The van der Waals surface area contributed by atoms with Crippen molar-refractivity contribution in [1.82, 2.24) is 0 Å². The predicted octanol–water partition coefficient (Wildman–Crippen LogP) is 5.29. The van der Waals surface area contributed by atoms with E-state index in [-0.39, 0.29) is 12.3 Å². The first-order valence-corrected chi connectivity index (χ1v) is 9.14. The molecule has 0 aliphatic carbocycles. The maximum absolute atomic E-state index is 13.0. The number of allylic oxidation sites excluding steroid dienone is 1. The van der Waals surface area contributed by atoms with Crippen molar-refractivity contribution in [2.75, 3.05) is 0 Å². The van der Waals surface area contributed by atoms with E-state index in [0.29, 0.717) is 12.8 Å². The Hall–Kier alpha value is -2.31. The third-order valence-electron chi connectivity index (χ3n) is 4.36. The molecule has 0 radical (unpaired) electrons. The Balaban J connectivity index is 2.23. The van der Waals surface area contributed by atoms with Gasteiger partial charge < -0.3 is 9.84 Å². The molecule has 7 heteroatoms. The molecule has 1 N–H and O–H groups in total. The van der Waals surface area contributed by atoms with Crippen molar-refractivity contribution in [3.8, 4) is 0 Å². The van der Waals surface area contributed by atoms with Crippen LogP contribution in [0.25, 0.3) is 0 Å². The zero-order valence-corrected chi connectivity index (χ0v) is 15.3. The first kappa shape index (κ1) is 21.0. The summed E-state index contributed by atoms with van der Waals surface area (Å²) in [4.78, 5) is 16.2. The summed E-state index contributed by atoms with van der Waals surface area (Å²) in [7, 11) is 0. The first-order chi connectivity index (χ1) is 12.8. The number of rotatable bonds is 8. The molecule has 1 aliphatic heterocycles. The molecule has 1 fully saturated rings. The highest BCUT2D eigenvalue weighted by Crippen LogP contribution is 2.32. The molecule has 4 nitrogen and oxygen atoms in total. The van der Waals surface area contributed by atoms with Gasteiger partial charge >= 0.3 is 12.1 Å². The van der Waals surface area contributed by atoms with Crippen LogP contribution < -0.4 is 0 Å². The number of esters is 1. The van der Waals surface area contributed by atoms with Gasteiger partial charge in [0.15, 0.2) is 0 Å². The van der Waals surface area contributed by atoms with Crippen molar-refractivity contribution in [3.05, 3.63) is 47.2 Å². The maximum Gasteiger partial charge on any atom is 0.449 e. The van der Waals surface area contributed by atoms with E-state index in [1.165, 1.54) is 0 Å². The molecule has 0 spiro atoms. The fourth-order valence-electron chi connectivity index (χ4n) is 2.94. The van der Waals surface area contributed by atoms with Crippen molar-refractivity contribution < 1.29 is 27.8 Å². The van der Waals surface area contributed by atoms with E-state index < -0.39 is 29.6 Å². The normalized spacial score (nSPS) is 20.8. The second kappa shape index (κ2) is 9.58. The van der Waals surface area contributed by atoms with Gasteiger partial charge in [0.1, 0.15) is 11.7 Å². The van der Waals surface area contributed by atoms with Gasteiger partial charge in [-0.25, -0.2) is 4.79 Å². The lowest BCUT2D eigenvalue weighted by Gasteiger charge is -2.11. The Morgan fingerprint density at radius 3 is 2.44 bits per heavy atom. The number of carbonyl (C=O) groups excluding carboxylic acids is 1. The van der Waals surface area contributed by atoms with E-state index in [4.69, 9.17) is 4.74 Å². The number of aliphatic hydroxyl groups excluding tert-OH is 1. The van der Waals surface area contributed by atoms with Gasteiger partial charge in [0.25, 0.3) is 0 Å². The lowest BCUT2D eigenvalue weighted by atomic mass is 10.0. The van der Waals surface area contributed by atoms with Crippen LogP contribution in [0.5, 0.6) is 0 Å². The molecule has 1 unspecified atom stereocenters. The minimum Gasteiger partial charge on any atom is -0.504 e. The van der Waals surface area contributed by atoms with Gasteiger partial charge in [0.05, 0.1) is 12.3 Å². The number of ether oxygens (including phenoxy) is 1. The van der Waals surface area contributed by atoms with Crippen molar-refractivity contribution >= 4 is 11.7 Å². The standard InChI is InChI=1S/C20H24F3NO3/c1-2-3-4-5-9-12-15-17(24-13-14-10-7-6-8-11-14)16(19(26)27-15)18(25)20(21,22)23/h6-8,10-11,15,25H,2-5,9,12-13H2,1H3/b18-16-,24-17?. The average molecular weight is 383 g/mol. The van der Waals surface area contributed by atoms with Crippen LogP contribution in [-0.2, 0) is 16.1 Å². The number of unbranched alkanes of at least 4 members (excludes halogenated alkanes) is 4. The van der Waals surface area contributed by atoms with Crippen LogP contribution >= 0.6 is 0 Å². The molecule has 1 aromatic carbocycles. The van der Waals surface area contributed by atoms with Crippen molar-refractivity contribution in [2.45, 2.75) is 64.3 Å². The second-order valence-electron chi connectivity index (χ2n) is 6.51. The number of hydrogen-bond donors (Lipinski definition) is 1. The number of aliphatic hydroxyl groups is 1. The van der Waals surface area contributed by atoms with Gasteiger partial charge in [0.2, 0.25) is 5.76 Å². The smallest absolute Gasteiger partial charge is 0.449 e. The number of hydrogen-bond acceptors (Lipinski definition) is 4. The van der Waals surface area contributed by atoms with Crippen LogP contribution in [0.2, 0.25) is 0 Å². The summed E-state index contributed by atoms with van der Waals surface area (Å²) in [6.07, 6.45) is -0.712. The van der Waals surface area contributed by atoms with E-state index in [9.17, 15) is 23.1 Å². The van der Waals surface area contributed by atoms with Crippen LogP contribution in [0.3, 0.4) is 0 Å². The molecule has 1 saturated heterocycles. The molecular weight excluding hydrogens is 359 g/mol. The number of aliphatic imine (C=N–C) groups is 1. The zero-order chi connectivity index (χ0) is 19.9. The summed E-state index contributed by atoms with van der Waals surface area (Å²) in [5.41, 5.74) is -0.192. The fraction of sp³-hybridized carbons (Fsp3) is 0.500. The number of benzene rings is 1. The molecular formula is C20H24F3NO3. The van der Waals surface area contributed by atoms with Crippen LogP contribution in [0, 0.1) is 0 Å². The van der Waals surface area contributed by atoms with Crippen LogP contribution in [0.15, 0.2) is 46.7 Å². The van der Waals surface area contributed by atoms with Gasteiger partial charge in [-0.15, -0.1) is 0 Å². The second-order valence-corrected chi connectivity index (χ2v) is 6.51. The van der Waals surface area contributed by atoms with Crippen molar-refractivity contribution in [3.63, 3.8) is 0 Å². The third kappa shape index (κ3) is 5.84. The minimum absolute atomic E-state index is 0.105. The highest BCUT2D eigenvalue weighted by atomic mass is 19.4. The summed E-state index contributed by atoms with van der Waals surface area (Å²) in [5, 5.41) is 9.56. The molecule has 0 saturated carbocycles. The summed E-state index contributed by atoms with van der Waals surface area (Å²) < 4.78 is 44.0. The van der Waals surface area contributed by atoms with Crippen LogP contribution in [-0.4, -0.2) is 29.1 Å². The van der Waals surface area contributed by atoms with E-state index in [1.807, 2.05) is 6.07 Å². The molecule has 0 bridgehead atoms. The van der Waals surface area contributed by atoms with Gasteiger partial charge in [-0.1, -0.05) is 62.9 Å². The fourth-order valence-corrected chi connectivity index (χ4v) is 2.94. The van der Waals surface area contributed by atoms with E-state index >= 15 is 0 Å². The lowest BCUT2D eigenvalue weighted by Crippen LogP contribution is -2.21. The van der Waals surface area contributed by atoms with Crippen LogP contribution in [0.1, 0.15) is 51.0 Å². The lowest BCUT2D eigenvalue weighted by molar-refractivity contribution is -0.141. The molecule has 2 rings (SSSR count). The quantitative estimate of drug-likeness (QED) is 0.287. The number of alkyl halides is 3. The Morgan fingerprint density at radius 1 is 1.15 bits per heavy atom. The van der Waals surface area contributed by atoms with Gasteiger partial charge in [-0.3, -0.25) is 4.99 Å². The van der Waals surface area contributed by atoms with Crippen molar-refractivity contribution in [2.24, 2.45) is 4.99 Å². The Kier molecular flexibility index (Phi) is 7.45. The van der Waals surface area contributed by atoms with Crippen LogP contribution in [0.4, 0.5) is 13.2 Å². The largest absolute Gasteiger partial charge is 0.504 e. The minimum atomic E-state index is -5.03. The third-order valence-corrected chi connectivity index (χ3v) is 4.36. The number of halogens is 3. The molecule has 0 amide bonds. The van der Waals surface area contributed by atoms with E-state index in [1.54, 1.807) is 24.3 Å². The summed E-state index contributed by atoms with van der Waals surface area (Å²) in [5.74, 6) is -3.11. The molecule has 27 heavy (non-hydrogen) atoms. The van der Waals surface area contributed by atoms with E-state index in [0.717, 1.165) is 31.2 Å². The van der Waals surface area contributed by atoms with E-state index in [2.05, 4.69) is 11.9 Å². The number of nitrogens with zero attached hydrogens (tertiary/aromatic N) is 1. The first-order valence-electron chi connectivity index (χ1n) is 9.14. The molecule has 0 aromatic heterocycles. The highest BCUT2D eigenvalue weighted by molar-refractivity contribution is 6.26. The Labute approximate surface area is 156 Å². The van der Waals surface area contributed by atoms with Gasteiger partial charge in [-0.2, -0.15) is 13.2 Å².